The molecule has 0 atom stereocenters. The molecule has 0 radical (unpaired) electrons. The summed E-state index contributed by atoms with van der Waals surface area (Å²) in [6.07, 6.45) is 1.50. The molecule has 4 rings (SSSR count). The number of thiophene rings is 1. The Hall–Kier alpha value is -2.32. The van der Waals surface area contributed by atoms with E-state index in [1.54, 1.807) is 6.07 Å². The number of fused-ring (bicyclic) bond motifs is 1. The Morgan fingerprint density at radius 3 is 2.83 bits per heavy atom. The van der Waals surface area contributed by atoms with Crippen molar-refractivity contribution in [2.24, 2.45) is 0 Å². The Balaban J connectivity index is 1.65. The molecular formula is C15H9BrN4O2S. The Kier molecular flexibility index (Phi) is 3.55. The SMILES string of the molecule is O=c1c2ccsc2ncn1Cc1nnc(-c2ccc(Br)cc2)o1. The molecule has 0 fully saturated rings. The van der Waals surface area contributed by atoms with Crippen molar-refractivity contribution in [1.29, 1.82) is 0 Å². The lowest BCUT2D eigenvalue weighted by Crippen LogP contribution is -2.20. The number of hydrogen-bond acceptors (Lipinski definition) is 6. The largest absolute Gasteiger partial charge is 0.419 e. The van der Waals surface area contributed by atoms with Gasteiger partial charge < -0.3 is 4.42 Å². The second kappa shape index (κ2) is 5.71. The van der Waals surface area contributed by atoms with E-state index in [0.717, 1.165) is 14.9 Å². The highest BCUT2D eigenvalue weighted by atomic mass is 79.9. The van der Waals surface area contributed by atoms with Crippen LogP contribution in [0.25, 0.3) is 21.7 Å². The van der Waals surface area contributed by atoms with Crippen LogP contribution >= 0.6 is 27.3 Å². The van der Waals surface area contributed by atoms with Gasteiger partial charge in [-0.15, -0.1) is 21.5 Å². The summed E-state index contributed by atoms with van der Waals surface area (Å²) in [4.78, 5) is 17.3. The van der Waals surface area contributed by atoms with Crippen molar-refractivity contribution in [1.82, 2.24) is 19.7 Å². The van der Waals surface area contributed by atoms with Crippen LogP contribution in [0.2, 0.25) is 0 Å². The topological polar surface area (TPSA) is 73.8 Å². The number of halogens is 1. The molecule has 0 N–H and O–H groups in total. The van der Waals surface area contributed by atoms with Crippen molar-refractivity contribution in [2.45, 2.75) is 6.54 Å². The molecule has 0 bridgehead atoms. The lowest BCUT2D eigenvalue weighted by Gasteiger charge is -2.01. The molecule has 0 unspecified atom stereocenters. The standard InChI is InChI=1S/C15H9BrN4O2S/c16-10-3-1-9(2-4-10)13-19-18-12(22-13)7-20-8-17-14-11(15(20)21)5-6-23-14/h1-6,8H,7H2. The number of aromatic nitrogens is 4. The molecule has 0 aliphatic heterocycles. The summed E-state index contributed by atoms with van der Waals surface area (Å²) in [6, 6.07) is 9.34. The Bertz CT molecular complexity index is 1040. The third-order valence-corrected chi connectivity index (χ3v) is 4.66. The van der Waals surface area contributed by atoms with Crippen molar-refractivity contribution in [3.63, 3.8) is 0 Å². The van der Waals surface area contributed by atoms with Gasteiger partial charge in [-0.1, -0.05) is 15.9 Å². The van der Waals surface area contributed by atoms with Gasteiger partial charge in [-0.2, -0.15) is 0 Å². The van der Waals surface area contributed by atoms with E-state index < -0.39 is 0 Å². The fraction of sp³-hybridized carbons (Fsp3) is 0.0667. The minimum atomic E-state index is -0.111. The summed E-state index contributed by atoms with van der Waals surface area (Å²) < 4.78 is 8.08. The van der Waals surface area contributed by atoms with Gasteiger partial charge in [-0.3, -0.25) is 9.36 Å². The first-order chi connectivity index (χ1) is 11.2. The van der Waals surface area contributed by atoms with Crippen molar-refractivity contribution < 1.29 is 4.42 Å². The predicted molar refractivity (Wildman–Crippen MR) is 90.4 cm³/mol. The van der Waals surface area contributed by atoms with Crippen molar-refractivity contribution in [3.8, 4) is 11.5 Å². The van der Waals surface area contributed by atoms with Crippen LogP contribution in [0.3, 0.4) is 0 Å². The van der Waals surface area contributed by atoms with E-state index in [9.17, 15) is 4.79 Å². The Morgan fingerprint density at radius 2 is 2.00 bits per heavy atom. The molecule has 4 aromatic rings. The molecule has 0 spiro atoms. The molecule has 1 aromatic carbocycles. The molecule has 0 amide bonds. The molecule has 23 heavy (non-hydrogen) atoms. The normalized spacial score (nSPS) is 11.2. The van der Waals surface area contributed by atoms with Gasteiger partial charge in [0.2, 0.25) is 11.8 Å². The smallest absolute Gasteiger partial charge is 0.262 e. The van der Waals surface area contributed by atoms with E-state index in [-0.39, 0.29) is 12.1 Å². The van der Waals surface area contributed by atoms with Crippen LogP contribution in [-0.4, -0.2) is 19.7 Å². The summed E-state index contributed by atoms with van der Waals surface area (Å²) >= 11 is 4.82. The lowest BCUT2D eigenvalue weighted by atomic mass is 10.2. The number of rotatable bonds is 3. The number of hydrogen-bond donors (Lipinski definition) is 0. The van der Waals surface area contributed by atoms with E-state index in [2.05, 4.69) is 31.1 Å². The van der Waals surface area contributed by atoms with Crippen LogP contribution in [0.1, 0.15) is 5.89 Å². The fourth-order valence-electron chi connectivity index (χ4n) is 2.18. The number of nitrogens with zero attached hydrogens (tertiary/aromatic N) is 4. The van der Waals surface area contributed by atoms with Gasteiger partial charge >= 0.3 is 0 Å². The molecular weight excluding hydrogens is 380 g/mol. The maximum absolute atomic E-state index is 12.3. The van der Waals surface area contributed by atoms with Gasteiger partial charge in [-0.05, 0) is 35.7 Å². The summed E-state index contributed by atoms with van der Waals surface area (Å²) in [5.41, 5.74) is 0.713. The summed E-state index contributed by atoms with van der Waals surface area (Å²) in [7, 11) is 0. The highest BCUT2D eigenvalue weighted by Crippen LogP contribution is 2.20. The zero-order chi connectivity index (χ0) is 15.8. The summed E-state index contributed by atoms with van der Waals surface area (Å²) in [6.45, 7) is 0.196. The zero-order valence-electron chi connectivity index (χ0n) is 11.6. The molecule has 0 aliphatic rings. The summed E-state index contributed by atoms with van der Waals surface area (Å²) in [5, 5.41) is 10.5. The molecule has 3 heterocycles. The molecule has 3 aromatic heterocycles. The molecule has 0 saturated heterocycles. The van der Waals surface area contributed by atoms with Crippen molar-refractivity contribution in [2.75, 3.05) is 0 Å². The van der Waals surface area contributed by atoms with Gasteiger partial charge in [0.15, 0.2) is 0 Å². The van der Waals surface area contributed by atoms with Crippen LogP contribution < -0.4 is 5.56 Å². The second-order valence-electron chi connectivity index (χ2n) is 4.82. The van der Waals surface area contributed by atoms with Crippen molar-refractivity contribution in [3.05, 3.63) is 62.8 Å². The first-order valence-corrected chi connectivity index (χ1v) is 8.39. The van der Waals surface area contributed by atoms with Crippen LogP contribution in [0.5, 0.6) is 0 Å². The van der Waals surface area contributed by atoms with Gasteiger partial charge in [0.25, 0.3) is 5.56 Å². The predicted octanol–water partition coefficient (Wildman–Crippen LogP) is 3.32. The van der Waals surface area contributed by atoms with E-state index in [0.29, 0.717) is 17.2 Å². The first kappa shape index (κ1) is 14.3. The summed E-state index contributed by atoms with van der Waals surface area (Å²) in [5.74, 6) is 0.784. The minimum absolute atomic E-state index is 0.111. The molecule has 0 aliphatic carbocycles. The quantitative estimate of drug-likeness (QED) is 0.538. The van der Waals surface area contributed by atoms with E-state index in [1.807, 2.05) is 29.6 Å². The van der Waals surface area contributed by atoms with Crippen molar-refractivity contribution >= 4 is 37.5 Å². The van der Waals surface area contributed by atoms with Crippen LogP contribution in [-0.2, 0) is 6.54 Å². The average Bonchev–Trinajstić information content (AvgIpc) is 3.20. The lowest BCUT2D eigenvalue weighted by molar-refractivity contribution is 0.483. The van der Waals surface area contributed by atoms with Crippen LogP contribution in [0, 0.1) is 0 Å². The first-order valence-electron chi connectivity index (χ1n) is 6.72. The minimum Gasteiger partial charge on any atom is -0.419 e. The molecule has 114 valence electrons. The monoisotopic (exact) mass is 388 g/mol. The van der Waals surface area contributed by atoms with Gasteiger partial charge in [0.05, 0.1) is 11.7 Å². The second-order valence-corrected chi connectivity index (χ2v) is 6.64. The number of benzene rings is 1. The maximum atomic E-state index is 12.3. The van der Waals surface area contributed by atoms with Crippen LogP contribution in [0.15, 0.2) is 55.7 Å². The fourth-order valence-corrected chi connectivity index (χ4v) is 3.17. The highest BCUT2D eigenvalue weighted by molar-refractivity contribution is 9.10. The Labute approximate surface area is 142 Å². The van der Waals surface area contributed by atoms with Crippen LogP contribution in [0.4, 0.5) is 0 Å². The third-order valence-electron chi connectivity index (χ3n) is 3.31. The van der Waals surface area contributed by atoms with E-state index in [1.165, 1.54) is 22.2 Å². The van der Waals surface area contributed by atoms with Gasteiger partial charge in [0, 0.05) is 10.0 Å². The van der Waals surface area contributed by atoms with E-state index >= 15 is 0 Å². The average molecular weight is 389 g/mol. The van der Waals surface area contributed by atoms with Gasteiger partial charge in [-0.25, -0.2) is 4.98 Å². The zero-order valence-corrected chi connectivity index (χ0v) is 14.0. The molecule has 8 heteroatoms. The highest BCUT2D eigenvalue weighted by Gasteiger charge is 2.11. The van der Waals surface area contributed by atoms with Gasteiger partial charge in [0.1, 0.15) is 11.4 Å². The molecule has 0 saturated carbocycles. The van der Waals surface area contributed by atoms with E-state index in [4.69, 9.17) is 4.42 Å². The Morgan fingerprint density at radius 1 is 1.17 bits per heavy atom. The maximum Gasteiger partial charge on any atom is 0.262 e. The molecule has 6 nitrogen and oxygen atoms in total. The third kappa shape index (κ3) is 2.71.